The first-order valence-corrected chi connectivity index (χ1v) is 8.91. The van der Waals surface area contributed by atoms with Crippen LogP contribution in [-0.4, -0.2) is 49.0 Å². The average molecular weight is 336 g/mol. The zero-order valence-corrected chi connectivity index (χ0v) is 15.0. The Morgan fingerprint density at radius 1 is 1.26 bits per heavy atom. The summed E-state index contributed by atoms with van der Waals surface area (Å²) in [5.74, 6) is -0.339. The van der Waals surface area contributed by atoms with Crippen molar-refractivity contribution in [2.45, 2.75) is 25.5 Å². The molecular formula is C17H24N2O3S. The van der Waals surface area contributed by atoms with Gasteiger partial charge in [0.15, 0.2) is 0 Å². The molecule has 1 aromatic rings. The second-order valence-electron chi connectivity index (χ2n) is 5.92. The minimum absolute atomic E-state index is 0.339. The van der Waals surface area contributed by atoms with Crippen molar-refractivity contribution in [1.82, 2.24) is 0 Å². The molecule has 0 N–H and O–H groups in total. The lowest BCUT2D eigenvalue weighted by molar-refractivity contribution is -0.145. The van der Waals surface area contributed by atoms with Crippen molar-refractivity contribution in [2.75, 3.05) is 37.5 Å². The van der Waals surface area contributed by atoms with Gasteiger partial charge in [0.2, 0.25) is 0 Å². The first-order valence-electron chi connectivity index (χ1n) is 7.68. The smallest absolute Gasteiger partial charge is 0.350 e. The maximum Gasteiger partial charge on any atom is 0.350 e. The Morgan fingerprint density at radius 2 is 1.87 bits per heavy atom. The van der Waals surface area contributed by atoms with Gasteiger partial charge in [-0.2, -0.15) is 0 Å². The van der Waals surface area contributed by atoms with Gasteiger partial charge in [0.05, 0.1) is 18.9 Å². The number of ether oxygens (including phenoxy) is 1. The highest BCUT2D eigenvalue weighted by molar-refractivity contribution is 8.00. The Hall–Kier alpha value is -1.53. The minimum Gasteiger partial charge on any atom is -0.378 e. The van der Waals surface area contributed by atoms with Crippen LogP contribution in [0.3, 0.4) is 0 Å². The number of benzene rings is 1. The highest BCUT2D eigenvalue weighted by Crippen LogP contribution is 2.23. The van der Waals surface area contributed by atoms with Gasteiger partial charge in [0.25, 0.3) is 0 Å². The van der Waals surface area contributed by atoms with Crippen molar-refractivity contribution in [1.29, 1.82) is 0 Å². The molecule has 0 aromatic heterocycles. The molecule has 2 rings (SSSR count). The van der Waals surface area contributed by atoms with E-state index in [1.807, 2.05) is 39.2 Å². The van der Waals surface area contributed by atoms with Crippen molar-refractivity contribution in [3.8, 4) is 0 Å². The van der Waals surface area contributed by atoms with Crippen molar-refractivity contribution in [2.24, 2.45) is 5.16 Å². The van der Waals surface area contributed by atoms with Crippen molar-refractivity contribution < 1.29 is 14.4 Å². The predicted molar refractivity (Wildman–Crippen MR) is 95.4 cm³/mol. The fourth-order valence-electron chi connectivity index (χ4n) is 2.09. The lowest BCUT2D eigenvalue weighted by Crippen LogP contribution is -2.36. The second-order valence-corrected chi connectivity index (χ2v) is 7.35. The van der Waals surface area contributed by atoms with Gasteiger partial charge >= 0.3 is 5.97 Å². The molecule has 1 fully saturated rings. The average Bonchev–Trinajstić information content (AvgIpc) is 2.60. The Morgan fingerprint density at radius 3 is 2.43 bits per heavy atom. The van der Waals surface area contributed by atoms with Gasteiger partial charge in [-0.25, -0.2) is 4.79 Å². The van der Waals surface area contributed by atoms with E-state index in [1.54, 1.807) is 0 Å². The van der Waals surface area contributed by atoms with Crippen LogP contribution >= 0.6 is 11.8 Å². The Kier molecular flexibility index (Phi) is 6.07. The number of hydrogen-bond donors (Lipinski definition) is 0. The van der Waals surface area contributed by atoms with Crippen molar-refractivity contribution in [3.05, 3.63) is 29.8 Å². The molecule has 0 aliphatic carbocycles. The van der Waals surface area contributed by atoms with Crippen LogP contribution in [0, 0.1) is 0 Å². The molecule has 1 saturated heterocycles. The summed E-state index contributed by atoms with van der Waals surface area (Å²) < 4.78 is 4.77. The molecule has 126 valence electrons. The number of carbonyl (C=O) groups excluding carboxylic acids is 1. The summed E-state index contributed by atoms with van der Waals surface area (Å²) in [4.78, 5) is 19.3. The molecule has 1 aromatic carbocycles. The van der Waals surface area contributed by atoms with Crippen LogP contribution in [0.5, 0.6) is 0 Å². The van der Waals surface area contributed by atoms with Gasteiger partial charge in [-0.1, -0.05) is 17.3 Å². The molecule has 0 atom stereocenters. The first kappa shape index (κ1) is 17.8. The molecule has 0 saturated carbocycles. The third-order valence-electron chi connectivity index (χ3n) is 3.93. The standard InChI is InChI=1S/C17H24N2O3S/c1-13(18-22-16(20)17(2,3)23-4)14-5-7-15(8-6-14)19-9-11-21-12-10-19/h5-8H,9-12H2,1-4H3/b18-13+. The topological polar surface area (TPSA) is 51.1 Å². The summed E-state index contributed by atoms with van der Waals surface area (Å²) in [6, 6.07) is 8.12. The number of thioether (sulfide) groups is 1. The summed E-state index contributed by atoms with van der Waals surface area (Å²) >= 11 is 1.44. The van der Waals surface area contributed by atoms with Crippen LogP contribution in [0.15, 0.2) is 29.4 Å². The third kappa shape index (κ3) is 4.72. The van der Waals surface area contributed by atoms with Crippen molar-refractivity contribution >= 4 is 29.1 Å². The van der Waals surface area contributed by atoms with Gasteiger partial charge in [0.1, 0.15) is 4.75 Å². The zero-order valence-electron chi connectivity index (χ0n) is 14.2. The van der Waals surface area contributed by atoms with Crippen LogP contribution in [0.4, 0.5) is 5.69 Å². The molecule has 0 amide bonds. The summed E-state index contributed by atoms with van der Waals surface area (Å²) in [7, 11) is 0. The Bertz CT molecular complexity index is 564. The number of nitrogens with zero attached hydrogens (tertiary/aromatic N) is 2. The maximum atomic E-state index is 11.9. The van der Waals surface area contributed by atoms with Crippen LogP contribution in [0.25, 0.3) is 0 Å². The van der Waals surface area contributed by atoms with E-state index >= 15 is 0 Å². The fourth-order valence-corrected chi connectivity index (χ4v) is 2.29. The molecule has 5 nitrogen and oxygen atoms in total. The van der Waals surface area contributed by atoms with Gasteiger partial charge in [0, 0.05) is 18.8 Å². The largest absolute Gasteiger partial charge is 0.378 e. The lowest BCUT2D eigenvalue weighted by Gasteiger charge is -2.28. The molecular weight excluding hydrogens is 312 g/mol. The minimum atomic E-state index is -0.593. The summed E-state index contributed by atoms with van der Waals surface area (Å²) in [6.45, 7) is 8.83. The number of carbonyl (C=O) groups is 1. The number of rotatable bonds is 5. The van der Waals surface area contributed by atoms with Crippen LogP contribution < -0.4 is 4.90 Å². The monoisotopic (exact) mass is 336 g/mol. The molecule has 6 heteroatoms. The molecule has 0 radical (unpaired) electrons. The summed E-state index contributed by atoms with van der Waals surface area (Å²) in [5, 5.41) is 3.97. The Balaban J connectivity index is 2.00. The highest BCUT2D eigenvalue weighted by atomic mass is 32.2. The van der Waals surface area contributed by atoms with Gasteiger partial charge in [-0.05, 0) is 44.7 Å². The van der Waals surface area contributed by atoms with Crippen LogP contribution in [0.2, 0.25) is 0 Å². The number of oxime groups is 1. The summed E-state index contributed by atoms with van der Waals surface area (Å²) in [6.07, 6.45) is 1.88. The van der Waals surface area contributed by atoms with Gasteiger partial charge in [-0.3, -0.25) is 0 Å². The molecule has 1 heterocycles. The maximum absolute atomic E-state index is 11.9. The van der Waals surface area contributed by atoms with E-state index in [4.69, 9.17) is 9.57 Å². The van der Waals surface area contributed by atoms with E-state index in [0.29, 0.717) is 5.71 Å². The summed E-state index contributed by atoms with van der Waals surface area (Å²) in [5.41, 5.74) is 2.80. The zero-order chi connectivity index (χ0) is 16.9. The fraction of sp³-hybridized carbons (Fsp3) is 0.529. The van der Waals surface area contributed by atoms with Gasteiger partial charge in [-0.15, -0.1) is 11.8 Å². The number of anilines is 1. The van der Waals surface area contributed by atoms with Gasteiger partial charge < -0.3 is 14.5 Å². The van der Waals surface area contributed by atoms with Crippen LogP contribution in [0.1, 0.15) is 26.3 Å². The van der Waals surface area contributed by atoms with E-state index < -0.39 is 4.75 Å². The van der Waals surface area contributed by atoms with E-state index in [0.717, 1.165) is 31.9 Å². The van der Waals surface area contributed by atoms with E-state index in [2.05, 4.69) is 22.2 Å². The Labute approximate surface area is 142 Å². The molecule has 0 spiro atoms. The normalized spacial score (nSPS) is 16.3. The number of morpholine rings is 1. The quantitative estimate of drug-likeness (QED) is 0.470. The molecule has 1 aliphatic rings. The van der Waals surface area contributed by atoms with E-state index in [-0.39, 0.29) is 5.97 Å². The second kappa shape index (κ2) is 7.84. The van der Waals surface area contributed by atoms with Crippen LogP contribution in [-0.2, 0) is 14.4 Å². The van der Waals surface area contributed by atoms with Crippen molar-refractivity contribution in [3.63, 3.8) is 0 Å². The number of hydrogen-bond acceptors (Lipinski definition) is 6. The third-order valence-corrected chi connectivity index (χ3v) is 5.12. The SMILES string of the molecule is CSC(C)(C)C(=O)O/N=C(\C)c1ccc(N2CCOCC2)cc1. The van der Waals surface area contributed by atoms with E-state index in [1.165, 1.54) is 17.4 Å². The first-order chi connectivity index (χ1) is 10.9. The van der Waals surface area contributed by atoms with E-state index in [9.17, 15) is 4.79 Å². The molecule has 0 bridgehead atoms. The molecule has 1 aliphatic heterocycles. The molecule has 0 unspecified atom stereocenters. The lowest BCUT2D eigenvalue weighted by atomic mass is 10.1. The molecule has 23 heavy (non-hydrogen) atoms. The predicted octanol–water partition coefficient (Wildman–Crippen LogP) is 2.93. The highest BCUT2D eigenvalue weighted by Gasteiger charge is 2.28.